The van der Waals surface area contributed by atoms with E-state index in [4.69, 9.17) is 10.2 Å². The number of hydrogen-bond donors (Lipinski definition) is 1. The first-order valence-electron chi connectivity index (χ1n) is 4.14. The van der Waals surface area contributed by atoms with Gasteiger partial charge in [0, 0.05) is 13.2 Å². The minimum Gasteiger partial charge on any atom is -0.427 e. The van der Waals surface area contributed by atoms with Gasteiger partial charge in [0.25, 0.3) is 0 Å². The van der Waals surface area contributed by atoms with Crippen LogP contribution in [0, 0.1) is 0 Å². The summed E-state index contributed by atoms with van der Waals surface area (Å²) in [6.45, 7) is 0. The molecule has 1 unspecified atom stereocenters. The molecule has 0 aliphatic rings. The maximum Gasteiger partial charge on any atom is 0.162 e. The van der Waals surface area contributed by atoms with Crippen LogP contribution >= 0.6 is 0 Å². The molecule has 0 bridgehead atoms. The molecule has 1 atom stereocenters. The summed E-state index contributed by atoms with van der Waals surface area (Å²) in [5.41, 5.74) is 7.15. The Labute approximate surface area is 75.7 Å². The van der Waals surface area contributed by atoms with Crippen LogP contribution in [0.3, 0.4) is 0 Å². The zero-order valence-corrected chi connectivity index (χ0v) is 8.78. The maximum absolute atomic E-state index is 5.94. The maximum atomic E-state index is 5.94. The van der Waals surface area contributed by atoms with E-state index in [9.17, 15) is 0 Å². The number of benzene rings is 1. The van der Waals surface area contributed by atoms with Gasteiger partial charge in [-0.15, -0.1) is 0 Å². The van der Waals surface area contributed by atoms with Crippen LogP contribution in [0.2, 0.25) is 6.04 Å². The average molecular weight is 181 g/mol. The van der Waals surface area contributed by atoms with E-state index >= 15 is 0 Å². The third kappa shape index (κ3) is 2.77. The molecule has 1 rings (SSSR count). The summed E-state index contributed by atoms with van der Waals surface area (Å²) in [5, 5.41) is 0. The lowest BCUT2D eigenvalue weighted by molar-refractivity contribution is 0.437. The van der Waals surface area contributed by atoms with Crippen LogP contribution in [0.5, 0.6) is 0 Å². The fourth-order valence-electron chi connectivity index (χ4n) is 1.11. The van der Waals surface area contributed by atoms with Crippen molar-refractivity contribution in [3.05, 3.63) is 35.9 Å². The molecule has 0 aromatic heterocycles. The SMILES string of the molecule is CO[SiH2]CC(N)c1ccccc1. The van der Waals surface area contributed by atoms with Crippen LogP contribution < -0.4 is 5.73 Å². The molecule has 66 valence electrons. The van der Waals surface area contributed by atoms with Crippen LogP contribution in [-0.2, 0) is 4.43 Å². The molecule has 0 saturated carbocycles. The summed E-state index contributed by atoms with van der Waals surface area (Å²) >= 11 is 0. The van der Waals surface area contributed by atoms with Crippen molar-refractivity contribution in [1.29, 1.82) is 0 Å². The van der Waals surface area contributed by atoms with Gasteiger partial charge in [-0.3, -0.25) is 0 Å². The van der Waals surface area contributed by atoms with E-state index in [1.807, 2.05) is 18.2 Å². The number of rotatable bonds is 4. The third-order valence-corrected chi connectivity index (χ3v) is 3.13. The molecule has 1 aromatic carbocycles. The van der Waals surface area contributed by atoms with Crippen molar-refractivity contribution in [1.82, 2.24) is 0 Å². The van der Waals surface area contributed by atoms with Gasteiger partial charge in [0.2, 0.25) is 0 Å². The second-order valence-corrected chi connectivity index (χ2v) is 4.36. The summed E-state index contributed by atoms with van der Waals surface area (Å²) in [4.78, 5) is 0. The van der Waals surface area contributed by atoms with E-state index < -0.39 is 9.76 Å². The van der Waals surface area contributed by atoms with E-state index in [-0.39, 0.29) is 6.04 Å². The largest absolute Gasteiger partial charge is 0.427 e. The van der Waals surface area contributed by atoms with Gasteiger partial charge in [-0.05, 0) is 11.6 Å². The molecule has 12 heavy (non-hydrogen) atoms. The molecule has 0 amide bonds. The quantitative estimate of drug-likeness (QED) is 0.698. The molecule has 2 N–H and O–H groups in total. The Bertz CT molecular complexity index is 215. The smallest absolute Gasteiger partial charge is 0.162 e. The second kappa shape index (κ2) is 5.08. The normalized spacial score (nSPS) is 13.8. The Morgan fingerprint density at radius 3 is 2.67 bits per heavy atom. The molecular weight excluding hydrogens is 166 g/mol. The highest BCUT2D eigenvalue weighted by atomic mass is 28.2. The molecule has 0 fully saturated rings. The van der Waals surface area contributed by atoms with Crippen LogP contribution in [0.4, 0.5) is 0 Å². The Morgan fingerprint density at radius 1 is 1.42 bits per heavy atom. The predicted octanol–water partition coefficient (Wildman–Crippen LogP) is 0.835. The highest BCUT2D eigenvalue weighted by molar-refractivity contribution is 6.27. The fraction of sp³-hybridized carbons (Fsp3) is 0.333. The number of hydrogen-bond acceptors (Lipinski definition) is 2. The van der Waals surface area contributed by atoms with E-state index in [1.54, 1.807) is 7.11 Å². The number of nitrogens with two attached hydrogens (primary N) is 1. The lowest BCUT2D eigenvalue weighted by Crippen LogP contribution is -2.13. The minimum absolute atomic E-state index is 0.165. The third-order valence-electron chi connectivity index (χ3n) is 1.86. The van der Waals surface area contributed by atoms with Crippen molar-refractivity contribution in [2.75, 3.05) is 7.11 Å². The lowest BCUT2D eigenvalue weighted by Gasteiger charge is -2.09. The topological polar surface area (TPSA) is 35.2 Å². The molecule has 2 nitrogen and oxygen atoms in total. The van der Waals surface area contributed by atoms with Gasteiger partial charge in [0.05, 0.1) is 0 Å². The first-order chi connectivity index (χ1) is 5.84. The van der Waals surface area contributed by atoms with Crippen molar-refractivity contribution in [2.45, 2.75) is 12.1 Å². The molecular formula is C9H15NOSi. The summed E-state index contributed by atoms with van der Waals surface area (Å²) in [6, 6.07) is 11.3. The Kier molecular flexibility index (Phi) is 4.00. The van der Waals surface area contributed by atoms with Gasteiger partial charge in [0.15, 0.2) is 9.76 Å². The molecule has 0 radical (unpaired) electrons. The van der Waals surface area contributed by atoms with Crippen molar-refractivity contribution in [2.24, 2.45) is 5.73 Å². The monoisotopic (exact) mass is 181 g/mol. The van der Waals surface area contributed by atoms with Gasteiger partial charge < -0.3 is 10.2 Å². The predicted molar refractivity (Wildman–Crippen MR) is 53.7 cm³/mol. The molecule has 0 spiro atoms. The molecule has 0 saturated heterocycles. The Balaban J connectivity index is 2.48. The van der Waals surface area contributed by atoms with Gasteiger partial charge in [0.1, 0.15) is 0 Å². The molecule has 0 aliphatic carbocycles. The first-order valence-corrected chi connectivity index (χ1v) is 5.72. The van der Waals surface area contributed by atoms with Gasteiger partial charge in [-0.25, -0.2) is 0 Å². The van der Waals surface area contributed by atoms with E-state index in [1.165, 1.54) is 5.56 Å². The first kappa shape index (κ1) is 9.44. The van der Waals surface area contributed by atoms with E-state index in [0.29, 0.717) is 0 Å². The van der Waals surface area contributed by atoms with Gasteiger partial charge in [-0.2, -0.15) is 0 Å². The summed E-state index contributed by atoms with van der Waals surface area (Å²) < 4.78 is 5.09. The van der Waals surface area contributed by atoms with Crippen LogP contribution in [0.1, 0.15) is 11.6 Å². The summed E-state index contributed by atoms with van der Waals surface area (Å²) in [5.74, 6) is 0. The van der Waals surface area contributed by atoms with E-state index in [2.05, 4.69) is 12.1 Å². The molecule has 0 aliphatic heterocycles. The van der Waals surface area contributed by atoms with Gasteiger partial charge >= 0.3 is 0 Å². The summed E-state index contributed by atoms with van der Waals surface area (Å²) in [7, 11) is 1.36. The van der Waals surface area contributed by atoms with E-state index in [0.717, 1.165) is 6.04 Å². The van der Waals surface area contributed by atoms with Crippen molar-refractivity contribution >= 4 is 9.76 Å². The molecule has 0 heterocycles. The van der Waals surface area contributed by atoms with Crippen LogP contribution in [-0.4, -0.2) is 16.9 Å². The zero-order valence-electron chi connectivity index (χ0n) is 7.36. The Morgan fingerprint density at radius 2 is 2.08 bits per heavy atom. The van der Waals surface area contributed by atoms with Crippen molar-refractivity contribution < 1.29 is 4.43 Å². The average Bonchev–Trinajstić information content (AvgIpc) is 2.15. The highest BCUT2D eigenvalue weighted by Crippen LogP contribution is 2.12. The van der Waals surface area contributed by atoms with Gasteiger partial charge in [-0.1, -0.05) is 30.3 Å². The van der Waals surface area contributed by atoms with Crippen molar-refractivity contribution in [3.63, 3.8) is 0 Å². The second-order valence-electron chi connectivity index (χ2n) is 2.80. The Hall–Kier alpha value is -0.643. The zero-order chi connectivity index (χ0) is 8.81. The summed E-state index contributed by atoms with van der Waals surface area (Å²) in [6.07, 6.45) is 0. The van der Waals surface area contributed by atoms with Crippen LogP contribution in [0.15, 0.2) is 30.3 Å². The lowest BCUT2D eigenvalue weighted by atomic mass is 10.1. The van der Waals surface area contributed by atoms with Crippen LogP contribution in [0.25, 0.3) is 0 Å². The minimum atomic E-state index is -0.395. The molecule has 3 heteroatoms. The highest BCUT2D eigenvalue weighted by Gasteiger charge is 2.03. The van der Waals surface area contributed by atoms with Crippen molar-refractivity contribution in [3.8, 4) is 0 Å². The fourth-order valence-corrected chi connectivity index (χ4v) is 1.93. The standard InChI is InChI=1S/C9H15NOSi/c1-11-12-7-9(10)8-5-3-2-4-6-8/h2-6,9H,7,10,12H2,1H3. The molecule has 1 aromatic rings.